The minimum Gasteiger partial charge on any atom is -0.372 e. The monoisotopic (exact) mass is 466 g/mol. The summed E-state index contributed by atoms with van der Waals surface area (Å²) in [5, 5.41) is 15.3. The molecule has 1 N–H and O–H groups in total. The van der Waals surface area contributed by atoms with Crippen LogP contribution in [0.15, 0.2) is 54.6 Å². The number of hydrogen-bond donors (Lipinski definition) is 1. The van der Waals surface area contributed by atoms with Gasteiger partial charge in [0, 0.05) is 31.4 Å². The normalized spacial score (nSPS) is 10.9. The molecule has 162 valence electrons. The van der Waals surface area contributed by atoms with Gasteiger partial charge in [0.2, 0.25) is 0 Å². The quantitative estimate of drug-likeness (QED) is 0.281. The van der Waals surface area contributed by atoms with Gasteiger partial charge in [0.25, 0.3) is 11.6 Å². The Morgan fingerprint density at radius 2 is 1.91 bits per heavy atom. The van der Waals surface area contributed by atoms with E-state index in [9.17, 15) is 14.9 Å². The Morgan fingerprint density at radius 1 is 1.16 bits per heavy atom. The summed E-state index contributed by atoms with van der Waals surface area (Å²) in [6.45, 7) is 1.87. The molecule has 0 fully saturated rings. The summed E-state index contributed by atoms with van der Waals surface area (Å²) in [6.07, 6.45) is 0. The number of aromatic nitrogens is 1. The summed E-state index contributed by atoms with van der Waals surface area (Å²) in [7, 11) is 3.35. The van der Waals surface area contributed by atoms with Crippen LogP contribution in [-0.2, 0) is 0 Å². The smallest absolute Gasteiger partial charge is 0.293 e. The van der Waals surface area contributed by atoms with E-state index in [0.29, 0.717) is 11.4 Å². The third-order valence-electron chi connectivity index (χ3n) is 5.01. The molecule has 0 spiro atoms. The van der Waals surface area contributed by atoms with Crippen molar-refractivity contribution in [3.63, 3.8) is 0 Å². The van der Waals surface area contributed by atoms with Gasteiger partial charge in [-0.1, -0.05) is 35.9 Å². The molecular formula is C23H19ClN4O3S. The molecule has 9 heteroatoms. The van der Waals surface area contributed by atoms with Crippen molar-refractivity contribution in [1.29, 1.82) is 0 Å². The zero-order chi connectivity index (χ0) is 23.0. The fraction of sp³-hybridized carbons (Fsp3) is 0.130. The van der Waals surface area contributed by atoms with Crippen LogP contribution in [-0.4, -0.2) is 29.9 Å². The number of thiazole rings is 1. The minimum atomic E-state index is -0.526. The highest BCUT2D eigenvalue weighted by Gasteiger charge is 2.23. The van der Waals surface area contributed by atoms with E-state index >= 15 is 0 Å². The number of nitro benzene ring substituents is 1. The van der Waals surface area contributed by atoms with Gasteiger partial charge in [-0.2, -0.15) is 0 Å². The number of carbonyl (C=O) groups is 1. The van der Waals surface area contributed by atoms with Crippen LogP contribution in [0.3, 0.4) is 0 Å². The summed E-state index contributed by atoms with van der Waals surface area (Å²) in [4.78, 5) is 30.2. The number of nitrogens with zero attached hydrogens (tertiary/aromatic N) is 3. The van der Waals surface area contributed by atoms with E-state index < -0.39 is 10.8 Å². The molecule has 1 heterocycles. The van der Waals surface area contributed by atoms with Crippen LogP contribution in [0.1, 0.15) is 15.9 Å². The number of aryl methyl sites for hydroxylation is 1. The zero-order valence-electron chi connectivity index (χ0n) is 17.5. The summed E-state index contributed by atoms with van der Waals surface area (Å²) in [6, 6.07) is 16.2. The Balaban J connectivity index is 1.68. The molecule has 4 aromatic rings. The lowest BCUT2D eigenvalue weighted by atomic mass is 10.1. The number of para-hydroxylation sites is 1. The lowest BCUT2D eigenvalue weighted by molar-refractivity contribution is -0.384. The molecule has 0 aliphatic carbocycles. The molecule has 0 saturated carbocycles. The number of anilines is 2. The Hall–Kier alpha value is -3.49. The molecule has 0 aliphatic rings. The van der Waals surface area contributed by atoms with Crippen LogP contribution >= 0.6 is 22.9 Å². The average Bonchev–Trinajstić information content (AvgIpc) is 3.19. The molecule has 4 rings (SSSR count). The Labute approximate surface area is 193 Å². The fourth-order valence-corrected chi connectivity index (χ4v) is 4.51. The predicted octanol–water partition coefficient (Wildman–Crippen LogP) is 6.15. The molecule has 0 radical (unpaired) electrons. The first-order chi connectivity index (χ1) is 15.2. The number of benzene rings is 3. The molecule has 7 nitrogen and oxygen atoms in total. The number of amides is 1. The number of fused-ring (bicyclic) bond motifs is 1. The predicted molar refractivity (Wildman–Crippen MR) is 130 cm³/mol. The lowest BCUT2D eigenvalue weighted by Gasteiger charge is -2.15. The highest BCUT2D eigenvalue weighted by atomic mass is 35.5. The van der Waals surface area contributed by atoms with Crippen molar-refractivity contribution in [3.8, 4) is 10.6 Å². The number of carbonyl (C=O) groups excluding carboxylic acids is 1. The summed E-state index contributed by atoms with van der Waals surface area (Å²) >= 11 is 7.87. The van der Waals surface area contributed by atoms with Crippen molar-refractivity contribution in [3.05, 3.63) is 80.9 Å². The van der Waals surface area contributed by atoms with E-state index in [-0.39, 0.29) is 16.3 Å². The van der Waals surface area contributed by atoms with Gasteiger partial charge in [0.15, 0.2) is 0 Å². The van der Waals surface area contributed by atoms with E-state index in [2.05, 4.69) is 10.3 Å². The molecule has 32 heavy (non-hydrogen) atoms. The lowest BCUT2D eigenvalue weighted by Crippen LogP contribution is -2.16. The summed E-state index contributed by atoms with van der Waals surface area (Å²) in [5.74, 6) is -0.520. The van der Waals surface area contributed by atoms with Crippen molar-refractivity contribution in [2.75, 3.05) is 24.3 Å². The van der Waals surface area contributed by atoms with E-state index in [4.69, 9.17) is 11.6 Å². The maximum absolute atomic E-state index is 13.0. The van der Waals surface area contributed by atoms with Crippen LogP contribution in [0.4, 0.5) is 17.1 Å². The number of hydrogen-bond acceptors (Lipinski definition) is 6. The Bertz CT molecular complexity index is 1330. The van der Waals surface area contributed by atoms with Gasteiger partial charge in [-0.3, -0.25) is 14.9 Å². The van der Waals surface area contributed by atoms with E-state index in [1.54, 1.807) is 30.3 Å². The van der Waals surface area contributed by atoms with Gasteiger partial charge in [-0.25, -0.2) is 4.98 Å². The van der Waals surface area contributed by atoms with Crippen LogP contribution < -0.4 is 10.2 Å². The van der Waals surface area contributed by atoms with Crippen molar-refractivity contribution < 1.29 is 9.72 Å². The second-order valence-corrected chi connectivity index (χ2v) is 8.88. The molecule has 0 unspecified atom stereocenters. The number of rotatable bonds is 5. The molecular weight excluding hydrogens is 448 g/mol. The van der Waals surface area contributed by atoms with Crippen LogP contribution in [0.2, 0.25) is 5.02 Å². The highest BCUT2D eigenvalue weighted by Crippen LogP contribution is 2.35. The van der Waals surface area contributed by atoms with Gasteiger partial charge in [0.1, 0.15) is 10.7 Å². The van der Waals surface area contributed by atoms with Crippen LogP contribution in [0.5, 0.6) is 0 Å². The van der Waals surface area contributed by atoms with Gasteiger partial charge >= 0.3 is 0 Å². The second kappa shape index (κ2) is 8.57. The maximum Gasteiger partial charge on any atom is 0.293 e. The average molecular weight is 467 g/mol. The standard InChI is InChI=1S/C23H19ClN4O3S/c1-13-8-9-14(23-26-17-6-4-5-7-21(17)32-23)10-18(13)25-22(29)15-11-20(28(30)31)19(27(2)3)12-16(15)24/h4-12H,1-3H3,(H,25,29). The Kier molecular flexibility index (Phi) is 5.82. The number of nitro groups is 1. The van der Waals surface area contributed by atoms with E-state index in [0.717, 1.165) is 26.4 Å². The fourth-order valence-electron chi connectivity index (χ4n) is 3.30. The topological polar surface area (TPSA) is 88.4 Å². The first-order valence-corrected chi connectivity index (χ1v) is 10.9. The van der Waals surface area contributed by atoms with Crippen molar-refractivity contribution in [1.82, 2.24) is 4.98 Å². The van der Waals surface area contributed by atoms with Gasteiger partial charge in [-0.05, 0) is 36.8 Å². The minimum absolute atomic E-state index is 0.0359. The van der Waals surface area contributed by atoms with Crippen LogP contribution in [0.25, 0.3) is 20.8 Å². The third-order valence-corrected chi connectivity index (χ3v) is 6.41. The third kappa shape index (κ3) is 4.15. The first-order valence-electron chi connectivity index (χ1n) is 9.68. The summed E-state index contributed by atoms with van der Waals surface area (Å²) < 4.78 is 1.08. The van der Waals surface area contributed by atoms with E-state index in [1.807, 2.05) is 49.4 Å². The zero-order valence-corrected chi connectivity index (χ0v) is 19.1. The summed E-state index contributed by atoms with van der Waals surface area (Å²) in [5.41, 5.74) is 3.38. The van der Waals surface area contributed by atoms with Crippen molar-refractivity contribution >= 4 is 56.1 Å². The number of halogens is 1. The van der Waals surface area contributed by atoms with Crippen molar-refractivity contribution in [2.45, 2.75) is 6.92 Å². The molecule has 1 aromatic heterocycles. The molecule has 0 atom stereocenters. The molecule has 0 saturated heterocycles. The molecule has 0 aliphatic heterocycles. The van der Waals surface area contributed by atoms with Crippen molar-refractivity contribution in [2.24, 2.45) is 0 Å². The first kappa shape index (κ1) is 21.7. The second-order valence-electron chi connectivity index (χ2n) is 7.44. The molecule has 0 bridgehead atoms. The SMILES string of the molecule is Cc1ccc(-c2nc3ccccc3s2)cc1NC(=O)c1cc([N+](=O)[O-])c(N(C)C)cc1Cl. The highest BCUT2D eigenvalue weighted by molar-refractivity contribution is 7.21. The van der Waals surface area contributed by atoms with Crippen LogP contribution in [0, 0.1) is 17.0 Å². The van der Waals surface area contributed by atoms with Gasteiger partial charge in [0.05, 0.1) is 25.7 Å². The Morgan fingerprint density at radius 3 is 2.59 bits per heavy atom. The molecule has 1 amide bonds. The molecule has 3 aromatic carbocycles. The van der Waals surface area contributed by atoms with Gasteiger partial charge in [-0.15, -0.1) is 11.3 Å². The van der Waals surface area contributed by atoms with E-state index in [1.165, 1.54) is 12.1 Å². The largest absolute Gasteiger partial charge is 0.372 e. The maximum atomic E-state index is 13.0. The number of nitrogens with one attached hydrogen (secondary N) is 1. The van der Waals surface area contributed by atoms with Gasteiger partial charge < -0.3 is 10.2 Å².